The zero-order chi connectivity index (χ0) is 21.5. The molecule has 6 unspecified atom stereocenters. The normalized spacial score (nSPS) is 40.6. The number of rotatable bonds is 0. The molecule has 0 N–H and O–H groups in total. The van der Waals surface area contributed by atoms with Crippen LogP contribution >= 0.6 is 0 Å². The van der Waals surface area contributed by atoms with E-state index in [9.17, 15) is 0 Å². The monoisotopic (exact) mass is 388 g/mol. The van der Waals surface area contributed by atoms with Crippen LogP contribution < -0.4 is 0 Å². The summed E-state index contributed by atoms with van der Waals surface area (Å²) in [4.78, 5) is 0. The number of fused-ring (bicyclic) bond motifs is 5. The molecule has 4 aliphatic carbocycles. The Balaban J connectivity index is 0.000000502. The summed E-state index contributed by atoms with van der Waals surface area (Å²) < 4.78 is 0. The fourth-order valence-corrected chi connectivity index (χ4v) is 6.91. The van der Waals surface area contributed by atoms with Gasteiger partial charge in [-0.25, -0.2) is 0 Å². The zero-order valence-corrected chi connectivity index (χ0v) is 21.0. The first-order valence-corrected chi connectivity index (χ1v) is 12.8. The SMILES string of the molecule is C=C1C=C2CCC3C(CCC4(C)C(C)CCC34)C2(C)CC1.CC.CC.CCC. The second-order valence-electron chi connectivity index (χ2n) is 9.89. The molecule has 164 valence electrons. The van der Waals surface area contributed by atoms with E-state index in [2.05, 4.69) is 47.3 Å². The minimum absolute atomic E-state index is 0.511. The predicted octanol–water partition coefficient (Wildman–Crippen LogP) is 9.61. The Bertz CT molecular complexity index is 512. The van der Waals surface area contributed by atoms with Gasteiger partial charge in [0.1, 0.15) is 0 Å². The van der Waals surface area contributed by atoms with Crippen molar-refractivity contribution in [1.82, 2.24) is 0 Å². The lowest BCUT2D eigenvalue weighted by Crippen LogP contribution is -2.49. The third-order valence-electron chi connectivity index (χ3n) is 8.55. The van der Waals surface area contributed by atoms with Crippen LogP contribution in [0.1, 0.15) is 120 Å². The van der Waals surface area contributed by atoms with E-state index in [-0.39, 0.29) is 0 Å². The van der Waals surface area contributed by atoms with E-state index in [4.69, 9.17) is 0 Å². The van der Waals surface area contributed by atoms with Gasteiger partial charge in [0.05, 0.1) is 0 Å². The predicted molar refractivity (Wildman–Crippen MR) is 129 cm³/mol. The van der Waals surface area contributed by atoms with Crippen molar-refractivity contribution in [2.24, 2.45) is 34.5 Å². The summed E-state index contributed by atoms with van der Waals surface area (Å²) in [5, 5.41) is 0. The standard InChI is InChI=1S/C21H32.C3H8.2C2H6/c1-14-9-11-21(4)16(13-14)6-7-17-18-8-5-15(2)20(18,3)12-10-19(17)21;1-3-2;2*1-2/h13,15,17-19H,1,5-12H2,2-4H3;3H2,1-2H3;2*1-2H3. The van der Waals surface area contributed by atoms with Crippen molar-refractivity contribution < 1.29 is 0 Å². The largest absolute Gasteiger partial charge is 0.0958 e. The van der Waals surface area contributed by atoms with E-state index >= 15 is 0 Å². The lowest BCUT2D eigenvalue weighted by Gasteiger charge is -2.58. The van der Waals surface area contributed by atoms with Crippen LogP contribution in [-0.4, -0.2) is 0 Å². The van der Waals surface area contributed by atoms with Crippen molar-refractivity contribution >= 4 is 0 Å². The van der Waals surface area contributed by atoms with Gasteiger partial charge in [-0.05, 0) is 85.9 Å². The molecule has 0 nitrogen and oxygen atoms in total. The topological polar surface area (TPSA) is 0 Å². The van der Waals surface area contributed by atoms with Crippen molar-refractivity contribution in [2.75, 3.05) is 0 Å². The molecule has 6 atom stereocenters. The molecule has 0 saturated heterocycles. The molecule has 0 bridgehead atoms. The van der Waals surface area contributed by atoms with Crippen LogP contribution in [-0.2, 0) is 0 Å². The highest BCUT2D eigenvalue weighted by Gasteiger charge is 2.57. The third kappa shape index (κ3) is 4.62. The molecule has 0 aromatic rings. The molecule has 0 amide bonds. The number of hydrogen-bond acceptors (Lipinski definition) is 0. The van der Waals surface area contributed by atoms with E-state index in [0.29, 0.717) is 10.8 Å². The molecule has 0 aliphatic heterocycles. The Morgan fingerprint density at radius 3 is 2.11 bits per heavy atom. The van der Waals surface area contributed by atoms with Gasteiger partial charge in [0.25, 0.3) is 0 Å². The van der Waals surface area contributed by atoms with E-state index < -0.39 is 0 Å². The van der Waals surface area contributed by atoms with E-state index in [0.717, 1.165) is 23.7 Å². The van der Waals surface area contributed by atoms with Gasteiger partial charge >= 0.3 is 0 Å². The average Bonchev–Trinajstić information content (AvgIpc) is 3.01. The van der Waals surface area contributed by atoms with Crippen molar-refractivity contribution in [3.05, 3.63) is 23.8 Å². The van der Waals surface area contributed by atoms with Crippen molar-refractivity contribution in [3.63, 3.8) is 0 Å². The lowest BCUT2D eigenvalue weighted by atomic mass is 9.47. The summed E-state index contributed by atoms with van der Waals surface area (Å²) in [6, 6.07) is 0. The van der Waals surface area contributed by atoms with Gasteiger partial charge < -0.3 is 0 Å². The van der Waals surface area contributed by atoms with E-state index in [1.807, 2.05) is 27.7 Å². The summed E-state index contributed by atoms with van der Waals surface area (Å²) in [6.07, 6.45) is 15.1. The molecule has 3 fully saturated rings. The molecule has 0 spiro atoms. The zero-order valence-electron chi connectivity index (χ0n) is 21.0. The highest BCUT2D eigenvalue weighted by Crippen LogP contribution is 2.66. The Kier molecular flexibility index (Phi) is 10.1. The Morgan fingerprint density at radius 1 is 0.893 bits per heavy atom. The fourth-order valence-electron chi connectivity index (χ4n) is 6.91. The van der Waals surface area contributed by atoms with Crippen LogP contribution in [0.5, 0.6) is 0 Å². The van der Waals surface area contributed by atoms with Gasteiger partial charge in [-0.3, -0.25) is 0 Å². The summed E-state index contributed by atoms with van der Waals surface area (Å²) in [5.41, 5.74) is 4.32. The summed E-state index contributed by atoms with van der Waals surface area (Å²) in [5.74, 6) is 3.96. The second kappa shape index (κ2) is 11.0. The molecular weight excluding hydrogens is 336 g/mol. The quantitative estimate of drug-likeness (QED) is 0.387. The molecule has 0 aromatic heterocycles. The Labute approximate surface area is 178 Å². The Hall–Kier alpha value is -0.520. The minimum Gasteiger partial charge on any atom is -0.0958 e. The maximum Gasteiger partial charge on any atom is -0.00790 e. The lowest BCUT2D eigenvalue weighted by molar-refractivity contribution is -0.0473. The number of hydrogen-bond donors (Lipinski definition) is 0. The summed E-state index contributed by atoms with van der Waals surface area (Å²) >= 11 is 0. The van der Waals surface area contributed by atoms with Gasteiger partial charge in [0.2, 0.25) is 0 Å². The maximum absolute atomic E-state index is 4.24. The molecule has 0 radical (unpaired) electrons. The van der Waals surface area contributed by atoms with Crippen molar-refractivity contribution in [2.45, 2.75) is 120 Å². The molecular formula is C28H52. The summed E-state index contributed by atoms with van der Waals surface area (Å²) in [7, 11) is 0. The second-order valence-corrected chi connectivity index (χ2v) is 9.89. The molecule has 4 rings (SSSR count). The maximum atomic E-state index is 4.24. The van der Waals surface area contributed by atoms with Gasteiger partial charge in [0, 0.05) is 0 Å². The van der Waals surface area contributed by atoms with Crippen LogP contribution in [0.3, 0.4) is 0 Å². The highest BCUT2D eigenvalue weighted by atomic mass is 14.6. The smallest absolute Gasteiger partial charge is 0.00790 e. The van der Waals surface area contributed by atoms with Crippen LogP contribution in [0.25, 0.3) is 0 Å². The highest BCUT2D eigenvalue weighted by molar-refractivity contribution is 5.33. The molecule has 28 heavy (non-hydrogen) atoms. The summed E-state index contributed by atoms with van der Waals surface area (Å²) in [6.45, 7) is 24.2. The van der Waals surface area contributed by atoms with Gasteiger partial charge in [-0.1, -0.05) is 92.5 Å². The van der Waals surface area contributed by atoms with Crippen LogP contribution in [0.2, 0.25) is 0 Å². The van der Waals surface area contributed by atoms with Gasteiger partial charge in [-0.2, -0.15) is 0 Å². The van der Waals surface area contributed by atoms with Crippen LogP contribution in [0.4, 0.5) is 0 Å². The first-order chi connectivity index (χ1) is 13.4. The molecule has 0 aromatic carbocycles. The molecule has 0 heteroatoms. The number of allylic oxidation sites excluding steroid dienone is 3. The third-order valence-corrected chi connectivity index (χ3v) is 8.55. The van der Waals surface area contributed by atoms with Crippen molar-refractivity contribution in [1.29, 1.82) is 0 Å². The molecule has 4 aliphatic rings. The first-order valence-electron chi connectivity index (χ1n) is 12.8. The molecule has 0 heterocycles. The van der Waals surface area contributed by atoms with Gasteiger partial charge in [0.15, 0.2) is 0 Å². The molecule has 3 saturated carbocycles. The minimum atomic E-state index is 0.511. The van der Waals surface area contributed by atoms with E-state index in [1.165, 1.54) is 63.4 Å². The fraction of sp³-hybridized carbons (Fsp3) is 0.857. The van der Waals surface area contributed by atoms with Crippen LogP contribution in [0.15, 0.2) is 23.8 Å². The first kappa shape index (κ1) is 25.5. The van der Waals surface area contributed by atoms with Crippen molar-refractivity contribution in [3.8, 4) is 0 Å². The van der Waals surface area contributed by atoms with E-state index in [1.54, 1.807) is 5.57 Å². The van der Waals surface area contributed by atoms with Crippen LogP contribution in [0, 0.1) is 34.5 Å². The average molecular weight is 389 g/mol. The Morgan fingerprint density at radius 2 is 1.50 bits per heavy atom. The van der Waals surface area contributed by atoms with Gasteiger partial charge in [-0.15, -0.1) is 0 Å².